The predicted molar refractivity (Wildman–Crippen MR) is 178 cm³/mol. The van der Waals surface area contributed by atoms with Gasteiger partial charge in [-0.1, -0.05) is 75.7 Å². The van der Waals surface area contributed by atoms with Crippen LogP contribution in [0.15, 0.2) is 0 Å². The van der Waals surface area contributed by atoms with Crippen molar-refractivity contribution in [2.24, 2.45) is 75.4 Å². The van der Waals surface area contributed by atoms with Gasteiger partial charge in [-0.25, -0.2) is 0 Å². The summed E-state index contributed by atoms with van der Waals surface area (Å²) < 4.78 is 0. The second-order valence-corrected chi connectivity index (χ2v) is 18.1. The van der Waals surface area contributed by atoms with Crippen LogP contribution in [-0.2, 0) is 0 Å². The number of unbranched alkanes of at least 4 members (excludes halogenated alkanes) is 1. The van der Waals surface area contributed by atoms with Crippen LogP contribution in [-0.4, -0.2) is 57.2 Å². The van der Waals surface area contributed by atoms with E-state index in [1.807, 2.05) is 6.92 Å². The molecule has 250 valence electrons. The molecule has 5 saturated carbocycles. The van der Waals surface area contributed by atoms with Crippen molar-refractivity contribution in [2.75, 3.05) is 6.54 Å². The van der Waals surface area contributed by atoms with Gasteiger partial charge in [0.15, 0.2) is 0 Å². The lowest BCUT2D eigenvalue weighted by atomic mass is 9.30. The van der Waals surface area contributed by atoms with Gasteiger partial charge in [0.2, 0.25) is 0 Å². The summed E-state index contributed by atoms with van der Waals surface area (Å²) in [5, 5.41) is 35.9. The van der Waals surface area contributed by atoms with Gasteiger partial charge in [0.1, 0.15) is 0 Å². The Labute approximate surface area is 266 Å². The molecule has 0 aliphatic heterocycles. The Morgan fingerprint density at radius 2 is 1.49 bits per heavy atom. The number of hydrogen-bond donors (Lipinski definition) is 3. The molecular weight excluding hydrogens is 530 g/mol. The van der Waals surface area contributed by atoms with Gasteiger partial charge < -0.3 is 15.3 Å². The zero-order valence-electron chi connectivity index (χ0n) is 30.0. The summed E-state index contributed by atoms with van der Waals surface area (Å²) in [4.78, 5) is 2.95. The molecule has 3 N–H and O–H groups in total. The van der Waals surface area contributed by atoms with E-state index in [-0.39, 0.29) is 46.0 Å². The van der Waals surface area contributed by atoms with Crippen LogP contribution < -0.4 is 0 Å². The topological polar surface area (TPSA) is 63.9 Å². The van der Waals surface area contributed by atoms with E-state index in [4.69, 9.17) is 0 Å². The van der Waals surface area contributed by atoms with Crippen molar-refractivity contribution >= 4 is 0 Å². The van der Waals surface area contributed by atoms with E-state index >= 15 is 0 Å². The second kappa shape index (κ2) is 12.1. The first-order valence-corrected chi connectivity index (χ1v) is 18.9. The Morgan fingerprint density at radius 1 is 0.860 bits per heavy atom. The van der Waals surface area contributed by atoms with Crippen molar-refractivity contribution in [1.82, 2.24) is 4.90 Å². The Kier molecular flexibility index (Phi) is 9.64. The molecule has 0 aromatic heterocycles. The third kappa shape index (κ3) is 4.86. The van der Waals surface area contributed by atoms with Crippen molar-refractivity contribution in [3.63, 3.8) is 0 Å². The van der Waals surface area contributed by atoms with E-state index in [0.29, 0.717) is 41.7 Å². The molecule has 16 unspecified atom stereocenters. The molecule has 4 nitrogen and oxygen atoms in total. The number of nitrogens with zero attached hydrogens (tertiary/aromatic N) is 1. The van der Waals surface area contributed by atoms with Crippen LogP contribution in [0.3, 0.4) is 0 Å². The van der Waals surface area contributed by atoms with E-state index < -0.39 is 12.2 Å². The highest BCUT2D eigenvalue weighted by Gasteiger charge is 2.74. The maximum atomic E-state index is 12.8. The minimum absolute atomic E-state index is 0.0132. The van der Waals surface area contributed by atoms with E-state index in [2.05, 4.69) is 74.1 Å². The molecule has 0 heterocycles. The molecule has 0 radical (unpaired) electrons. The normalized spacial score (nSPS) is 56.2. The molecule has 43 heavy (non-hydrogen) atoms. The molecule has 0 amide bonds. The molecule has 5 rings (SSSR count). The van der Waals surface area contributed by atoms with Crippen LogP contribution in [0.25, 0.3) is 0 Å². The molecule has 0 aromatic rings. The van der Waals surface area contributed by atoms with Crippen molar-refractivity contribution in [3.8, 4) is 0 Å². The van der Waals surface area contributed by atoms with Gasteiger partial charge in [0.25, 0.3) is 0 Å². The summed E-state index contributed by atoms with van der Waals surface area (Å²) in [5.41, 5.74) is -0.401. The molecule has 0 bridgehead atoms. The Balaban J connectivity index is 1.51. The number of aliphatic hydroxyl groups excluding tert-OH is 3. The van der Waals surface area contributed by atoms with Crippen LogP contribution in [0.4, 0.5) is 0 Å². The molecule has 16 atom stereocenters. The van der Waals surface area contributed by atoms with Crippen LogP contribution in [0, 0.1) is 75.4 Å². The fourth-order valence-electron chi connectivity index (χ4n) is 13.8. The van der Waals surface area contributed by atoms with Gasteiger partial charge in [0, 0.05) is 23.4 Å². The fourth-order valence-corrected chi connectivity index (χ4v) is 13.8. The summed E-state index contributed by atoms with van der Waals surface area (Å²) in [7, 11) is 0. The molecule has 0 saturated heterocycles. The van der Waals surface area contributed by atoms with Gasteiger partial charge in [0.05, 0.1) is 18.3 Å². The van der Waals surface area contributed by atoms with E-state index in [9.17, 15) is 15.3 Å². The molecule has 4 heteroatoms. The average Bonchev–Trinajstić information content (AvgIpc) is 2.95. The second-order valence-electron chi connectivity index (χ2n) is 18.1. The maximum absolute atomic E-state index is 12.8. The number of aliphatic hydroxyl groups is 3. The molecule has 5 aliphatic rings. The lowest BCUT2D eigenvalue weighted by molar-refractivity contribution is -0.315. The Bertz CT molecular complexity index is 962. The van der Waals surface area contributed by atoms with Crippen LogP contribution >= 0.6 is 0 Å². The predicted octanol–water partition coefficient (Wildman–Crippen LogP) is 8.03. The molecule has 5 fully saturated rings. The lowest BCUT2D eigenvalue weighted by Gasteiger charge is -2.75. The molecule has 5 aliphatic carbocycles. The average molecular weight is 602 g/mol. The van der Waals surface area contributed by atoms with Gasteiger partial charge in [-0.2, -0.15) is 0 Å². The smallest absolute Gasteiger partial charge is 0.0657 e. The summed E-state index contributed by atoms with van der Waals surface area (Å²) >= 11 is 0. The minimum Gasteiger partial charge on any atom is -0.393 e. The highest BCUT2D eigenvalue weighted by Crippen LogP contribution is 2.75. The fraction of sp³-hybridized carbons (Fsp3) is 1.00. The monoisotopic (exact) mass is 602 g/mol. The van der Waals surface area contributed by atoms with Crippen molar-refractivity contribution in [3.05, 3.63) is 0 Å². The van der Waals surface area contributed by atoms with E-state index in [0.717, 1.165) is 12.3 Å². The lowest BCUT2D eigenvalue weighted by Crippen LogP contribution is -2.75. The quantitative estimate of drug-likeness (QED) is 0.288. The molecule has 0 spiro atoms. The van der Waals surface area contributed by atoms with Gasteiger partial charge in [-0.3, -0.25) is 4.90 Å². The summed E-state index contributed by atoms with van der Waals surface area (Å²) in [5.74, 6) is 3.59. The summed E-state index contributed by atoms with van der Waals surface area (Å²) in [6.45, 7) is 27.4. The third-order valence-corrected chi connectivity index (χ3v) is 16.8. The highest BCUT2D eigenvalue weighted by molar-refractivity contribution is 5.22. The number of hydrogen-bond acceptors (Lipinski definition) is 4. The Hall–Kier alpha value is -0.160. The third-order valence-electron chi connectivity index (χ3n) is 16.8. The SMILES string of the molecule is CCCCN(C1CCC(C)CC1)C1CCC2C(C1C)C(O)C1C(C)C3(C)C(O)C(C(C)O)C(C)CC3(C)C(C)C1(C)C2C. The largest absolute Gasteiger partial charge is 0.393 e. The zero-order chi connectivity index (χ0) is 31.8. The highest BCUT2D eigenvalue weighted by atomic mass is 16.3. The van der Waals surface area contributed by atoms with Crippen molar-refractivity contribution in [2.45, 2.75) is 164 Å². The Morgan fingerprint density at radius 3 is 2.07 bits per heavy atom. The van der Waals surface area contributed by atoms with Crippen LogP contribution in [0.1, 0.15) is 134 Å². The number of fused-ring (bicyclic) bond motifs is 3. The number of rotatable bonds is 6. The van der Waals surface area contributed by atoms with Crippen LogP contribution in [0.2, 0.25) is 0 Å². The van der Waals surface area contributed by atoms with E-state index in [1.54, 1.807) is 0 Å². The van der Waals surface area contributed by atoms with Gasteiger partial charge >= 0.3 is 0 Å². The maximum Gasteiger partial charge on any atom is 0.0657 e. The first-order chi connectivity index (χ1) is 20.1. The minimum atomic E-state index is -0.571. The zero-order valence-corrected chi connectivity index (χ0v) is 30.0. The standard InChI is InChI=1S/C39H71NO3/c1-12-13-20-40(29-16-14-22(2)15-17-29)31-19-18-30-25(5)38(10)28(8)37(9)21-23(3)32(27(7)41)36(43)39(37,11)26(6)34(38)35(42)33(30)24(31)4/h22-36,41-43H,12-21H2,1-11H3. The summed E-state index contributed by atoms with van der Waals surface area (Å²) in [6, 6.07) is 1.27. The van der Waals surface area contributed by atoms with E-state index in [1.165, 1.54) is 57.9 Å². The van der Waals surface area contributed by atoms with Crippen molar-refractivity contribution < 1.29 is 15.3 Å². The first-order valence-electron chi connectivity index (χ1n) is 18.9. The molecule has 0 aromatic carbocycles. The summed E-state index contributed by atoms with van der Waals surface area (Å²) in [6.07, 6.45) is 10.0. The van der Waals surface area contributed by atoms with Gasteiger partial charge in [-0.05, 0) is 129 Å². The van der Waals surface area contributed by atoms with Crippen LogP contribution in [0.5, 0.6) is 0 Å². The van der Waals surface area contributed by atoms with Gasteiger partial charge in [-0.15, -0.1) is 0 Å². The first kappa shape index (κ1) is 34.2. The van der Waals surface area contributed by atoms with Crippen molar-refractivity contribution in [1.29, 1.82) is 0 Å². The molecular formula is C39H71NO3.